The van der Waals surface area contributed by atoms with E-state index in [1.807, 2.05) is 42.9 Å². The largest absolute Gasteiger partial charge is 0.390 e. The zero-order chi connectivity index (χ0) is 9.86. The molecule has 72 valence electrons. The van der Waals surface area contributed by atoms with Gasteiger partial charge >= 0.3 is 0 Å². The zero-order valence-electron chi connectivity index (χ0n) is 7.87. The van der Waals surface area contributed by atoms with Crippen molar-refractivity contribution in [2.24, 2.45) is 4.99 Å². The van der Waals surface area contributed by atoms with Crippen LogP contribution in [0, 0.1) is 0 Å². The number of aliphatic imine (C=N–C) groups is 1. The van der Waals surface area contributed by atoms with Gasteiger partial charge in [0.2, 0.25) is 0 Å². The van der Waals surface area contributed by atoms with Crippen molar-refractivity contribution in [3.8, 4) is 0 Å². The van der Waals surface area contributed by atoms with Crippen LogP contribution in [0.3, 0.4) is 0 Å². The van der Waals surface area contributed by atoms with Gasteiger partial charge in [-0.1, -0.05) is 18.2 Å². The Balaban J connectivity index is 2.37. The second-order valence-corrected chi connectivity index (χ2v) is 3.28. The molecule has 0 aliphatic carbocycles. The lowest BCUT2D eigenvalue weighted by molar-refractivity contribution is 0.273. The van der Waals surface area contributed by atoms with E-state index in [2.05, 4.69) is 4.99 Å². The summed E-state index contributed by atoms with van der Waals surface area (Å²) in [7, 11) is 0. The van der Waals surface area contributed by atoms with E-state index in [9.17, 15) is 0 Å². The fraction of sp³-hybridized carbons (Fsp3) is 0.182. The van der Waals surface area contributed by atoms with E-state index < -0.39 is 0 Å². The summed E-state index contributed by atoms with van der Waals surface area (Å²) < 4.78 is 0.511. The maximum Gasteiger partial charge on any atom is 0.200 e. The Kier molecular flexibility index (Phi) is 2.43. The summed E-state index contributed by atoms with van der Waals surface area (Å²) in [6.45, 7) is 0.773. The molecule has 0 aromatic heterocycles. The van der Waals surface area contributed by atoms with Gasteiger partial charge in [-0.2, -0.15) is 0 Å². The van der Waals surface area contributed by atoms with Crippen LogP contribution in [0.15, 0.2) is 47.7 Å². The highest BCUT2D eigenvalue weighted by atomic mass is 16.3. The lowest BCUT2D eigenvalue weighted by Gasteiger charge is -2.25. The molecule has 1 aliphatic rings. The van der Waals surface area contributed by atoms with Crippen molar-refractivity contribution < 1.29 is 5.11 Å². The lowest BCUT2D eigenvalue weighted by Crippen LogP contribution is -2.43. The van der Waals surface area contributed by atoms with Gasteiger partial charge in [0.05, 0.1) is 12.8 Å². The summed E-state index contributed by atoms with van der Waals surface area (Å²) in [5, 5.41) is 9.04. The average Bonchev–Trinajstić information content (AvgIpc) is 2.70. The lowest BCUT2D eigenvalue weighted by atomic mass is 10.2. The molecule has 0 bridgehead atoms. The summed E-state index contributed by atoms with van der Waals surface area (Å²) in [6.07, 6.45) is 5.58. The number of para-hydroxylation sites is 1. The van der Waals surface area contributed by atoms with Crippen LogP contribution in [0.5, 0.6) is 0 Å². The Bertz CT molecular complexity index is 345. The number of aliphatic hydroxyl groups excluding tert-OH is 1. The topological polar surface area (TPSA) is 32.6 Å². The van der Waals surface area contributed by atoms with Crippen LogP contribution in [0.1, 0.15) is 0 Å². The van der Waals surface area contributed by atoms with Crippen LogP contribution in [0.25, 0.3) is 0 Å². The molecule has 3 nitrogen and oxygen atoms in total. The van der Waals surface area contributed by atoms with E-state index in [0.29, 0.717) is 11.0 Å². The minimum atomic E-state index is 0.144. The van der Waals surface area contributed by atoms with Crippen molar-refractivity contribution in [1.82, 2.24) is 4.48 Å². The molecule has 1 aromatic rings. The SMILES string of the molecule is OCC[N+]1(c2ccccc2)C=CN=C1. The Morgan fingerprint density at radius 3 is 2.57 bits per heavy atom. The first kappa shape index (κ1) is 9.12. The maximum atomic E-state index is 9.04. The van der Waals surface area contributed by atoms with Crippen LogP contribution in [0.4, 0.5) is 5.69 Å². The van der Waals surface area contributed by atoms with Crippen LogP contribution in [-0.2, 0) is 0 Å². The fourth-order valence-electron chi connectivity index (χ4n) is 1.64. The van der Waals surface area contributed by atoms with Gasteiger partial charge in [-0.15, -0.1) is 0 Å². The van der Waals surface area contributed by atoms with Gasteiger partial charge in [0.15, 0.2) is 6.34 Å². The van der Waals surface area contributed by atoms with Crippen molar-refractivity contribution in [2.75, 3.05) is 13.2 Å². The van der Waals surface area contributed by atoms with Gasteiger partial charge in [0, 0.05) is 0 Å². The zero-order valence-corrected chi connectivity index (χ0v) is 7.87. The van der Waals surface area contributed by atoms with E-state index in [-0.39, 0.29) is 6.61 Å². The third-order valence-electron chi connectivity index (χ3n) is 2.40. The molecule has 0 radical (unpaired) electrons. The second kappa shape index (κ2) is 3.74. The molecule has 1 aromatic carbocycles. The first-order chi connectivity index (χ1) is 6.87. The Labute approximate surface area is 83.2 Å². The molecule has 1 aliphatic heterocycles. The normalized spacial score (nSPS) is 24.4. The standard InChI is InChI=1S/C11H13N2O/c14-9-8-13(7-6-12-10-13)11-4-2-1-3-5-11/h1-7,10,14H,8-9H2/q+1. The van der Waals surface area contributed by atoms with Gasteiger partial charge in [-0.05, 0) is 12.1 Å². The fourth-order valence-corrected chi connectivity index (χ4v) is 1.64. The van der Waals surface area contributed by atoms with Gasteiger partial charge in [-0.3, -0.25) is 0 Å². The van der Waals surface area contributed by atoms with Gasteiger partial charge < -0.3 is 5.11 Å². The number of aliphatic hydroxyl groups is 1. The van der Waals surface area contributed by atoms with E-state index >= 15 is 0 Å². The molecule has 0 amide bonds. The Hall–Kier alpha value is -1.45. The average molecular weight is 189 g/mol. The quantitative estimate of drug-likeness (QED) is 0.718. The predicted molar refractivity (Wildman–Crippen MR) is 57.8 cm³/mol. The van der Waals surface area contributed by atoms with Crippen LogP contribution in [-0.4, -0.2) is 24.6 Å². The van der Waals surface area contributed by atoms with Gasteiger partial charge in [0.1, 0.15) is 18.4 Å². The third-order valence-corrected chi connectivity index (χ3v) is 2.40. The number of benzene rings is 1. The van der Waals surface area contributed by atoms with Crippen molar-refractivity contribution in [3.63, 3.8) is 0 Å². The van der Waals surface area contributed by atoms with Crippen molar-refractivity contribution >= 4 is 12.0 Å². The molecule has 1 unspecified atom stereocenters. The number of rotatable bonds is 3. The second-order valence-electron chi connectivity index (χ2n) is 3.28. The number of hydrogen-bond donors (Lipinski definition) is 1. The summed E-state index contributed by atoms with van der Waals surface area (Å²) in [5.41, 5.74) is 1.12. The van der Waals surface area contributed by atoms with Crippen molar-refractivity contribution in [1.29, 1.82) is 0 Å². The molecular weight excluding hydrogens is 176 g/mol. The molecule has 0 saturated heterocycles. The third kappa shape index (κ3) is 1.47. The molecule has 3 heteroatoms. The number of hydrogen-bond acceptors (Lipinski definition) is 2. The summed E-state index contributed by atoms with van der Waals surface area (Å²) in [6, 6.07) is 10.0. The molecular formula is C11H13N2O+. The molecule has 2 rings (SSSR count). The highest BCUT2D eigenvalue weighted by Gasteiger charge is 2.28. The molecule has 14 heavy (non-hydrogen) atoms. The van der Waals surface area contributed by atoms with Crippen LogP contribution in [0.2, 0.25) is 0 Å². The number of quaternary nitrogens is 1. The smallest absolute Gasteiger partial charge is 0.200 e. The first-order valence-electron chi connectivity index (χ1n) is 4.63. The summed E-state index contributed by atoms with van der Waals surface area (Å²) in [4.78, 5) is 4.09. The molecule has 1 atom stereocenters. The highest BCUT2D eigenvalue weighted by Crippen LogP contribution is 2.23. The molecule has 0 saturated carbocycles. The van der Waals surface area contributed by atoms with Crippen molar-refractivity contribution in [2.45, 2.75) is 0 Å². The Morgan fingerprint density at radius 1 is 1.21 bits per heavy atom. The monoisotopic (exact) mass is 189 g/mol. The first-order valence-corrected chi connectivity index (χ1v) is 4.63. The van der Waals surface area contributed by atoms with Crippen LogP contribution >= 0.6 is 0 Å². The van der Waals surface area contributed by atoms with Gasteiger partial charge in [0.25, 0.3) is 0 Å². The number of nitrogens with zero attached hydrogens (tertiary/aromatic N) is 2. The van der Waals surface area contributed by atoms with E-state index in [4.69, 9.17) is 5.11 Å². The minimum absolute atomic E-state index is 0.144. The van der Waals surface area contributed by atoms with E-state index in [1.165, 1.54) is 0 Å². The van der Waals surface area contributed by atoms with Crippen molar-refractivity contribution in [3.05, 3.63) is 42.7 Å². The van der Waals surface area contributed by atoms with E-state index in [0.717, 1.165) is 5.69 Å². The minimum Gasteiger partial charge on any atom is -0.390 e. The molecule has 1 N–H and O–H groups in total. The van der Waals surface area contributed by atoms with E-state index in [1.54, 1.807) is 6.20 Å². The predicted octanol–water partition coefficient (Wildman–Crippen LogP) is 1.50. The molecule has 0 spiro atoms. The Morgan fingerprint density at radius 2 is 2.00 bits per heavy atom. The molecule has 0 fully saturated rings. The van der Waals surface area contributed by atoms with Crippen LogP contribution < -0.4 is 4.48 Å². The molecule has 1 heterocycles. The van der Waals surface area contributed by atoms with Gasteiger partial charge in [-0.25, -0.2) is 9.48 Å². The summed E-state index contributed by atoms with van der Waals surface area (Å²) in [5.74, 6) is 0. The summed E-state index contributed by atoms with van der Waals surface area (Å²) >= 11 is 0. The maximum absolute atomic E-state index is 9.04. The highest BCUT2D eigenvalue weighted by molar-refractivity contribution is 5.78.